The van der Waals surface area contributed by atoms with E-state index >= 15 is 0 Å². The summed E-state index contributed by atoms with van der Waals surface area (Å²) in [5.41, 5.74) is 0.772. The second-order valence-electron chi connectivity index (χ2n) is 7.44. The van der Waals surface area contributed by atoms with Gasteiger partial charge in [-0.05, 0) is 54.6 Å². The number of hydrogen-bond donors (Lipinski definition) is 1. The number of furan rings is 1. The first kappa shape index (κ1) is 23.1. The summed E-state index contributed by atoms with van der Waals surface area (Å²) in [6, 6.07) is 14.9. The minimum atomic E-state index is -3.60. The van der Waals surface area contributed by atoms with Gasteiger partial charge in [-0.2, -0.15) is 0 Å². The molecular weight excluding hydrogens is 465 g/mol. The van der Waals surface area contributed by atoms with Gasteiger partial charge in [-0.1, -0.05) is 0 Å². The van der Waals surface area contributed by atoms with Crippen LogP contribution in [-0.4, -0.2) is 39.9 Å². The van der Waals surface area contributed by atoms with Crippen molar-refractivity contribution in [1.29, 1.82) is 0 Å². The lowest BCUT2D eigenvalue weighted by Crippen LogP contribution is -2.25. The number of hydrogen-bond acceptors (Lipinski definition) is 6. The Morgan fingerprint density at radius 2 is 1.62 bits per heavy atom. The zero-order chi connectivity index (χ0) is 24.6. The van der Waals surface area contributed by atoms with Gasteiger partial charge in [0.15, 0.2) is 0 Å². The lowest BCUT2D eigenvalue weighted by molar-refractivity contribution is 0.0699. The summed E-state index contributed by atoms with van der Waals surface area (Å²) >= 11 is 0. The molecule has 0 bridgehead atoms. The van der Waals surface area contributed by atoms with Gasteiger partial charge >= 0.3 is 5.97 Å². The van der Waals surface area contributed by atoms with Crippen molar-refractivity contribution in [2.24, 2.45) is 0 Å². The number of sulfonamides is 1. The van der Waals surface area contributed by atoms with E-state index in [2.05, 4.69) is 0 Å². The fraction of sp³-hybridized carbons (Fsp3) is 0.125. The number of carboxylic acid groups (broad SMARTS) is 1. The molecule has 0 radical (unpaired) electrons. The Bertz CT molecular complexity index is 1480. The van der Waals surface area contributed by atoms with Crippen molar-refractivity contribution in [3.05, 3.63) is 72.0 Å². The average molecular weight is 485 g/mol. The largest absolute Gasteiger partial charge is 0.495 e. The predicted molar refractivity (Wildman–Crippen MR) is 125 cm³/mol. The standard InChI is InChI=1S/C24H20FNO7S/c1-26(34(3,29)30)19-13-20-18(12-21(19)31-2)22(24(27)28)23(33-20)14-4-8-16(9-5-14)32-17-10-6-15(25)7-11-17/h4-13H,1-3H3,(H,27,28). The van der Waals surface area contributed by atoms with Crippen LogP contribution in [0.2, 0.25) is 0 Å². The van der Waals surface area contributed by atoms with E-state index in [1.165, 1.54) is 50.6 Å². The Morgan fingerprint density at radius 1 is 1.03 bits per heavy atom. The molecule has 1 N–H and O–H groups in total. The van der Waals surface area contributed by atoms with Gasteiger partial charge in [-0.15, -0.1) is 0 Å². The number of anilines is 1. The second kappa shape index (κ2) is 8.71. The second-order valence-corrected chi connectivity index (χ2v) is 9.46. The Kier molecular flexibility index (Phi) is 5.92. The van der Waals surface area contributed by atoms with E-state index in [4.69, 9.17) is 13.9 Å². The van der Waals surface area contributed by atoms with Crippen molar-refractivity contribution in [2.75, 3.05) is 24.7 Å². The summed E-state index contributed by atoms with van der Waals surface area (Å²) in [7, 11) is -0.876. The van der Waals surface area contributed by atoms with E-state index in [-0.39, 0.29) is 39.5 Å². The first-order chi connectivity index (χ1) is 16.1. The number of carboxylic acids is 1. The van der Waals surface area contributed by atoms with E-state index in [0.717, 1.165) is 10.6 Å². The van der Waals surface area contributed by atoms with Crippen molar-refractivity contribution in [3.63, 3.8) is 0 Å². The smallest absolute Gasteiger partial charge is 0.340 e. The molecule has 4 aromatic rings. The topological polar surface area (TPSA) is 106 Å². The quantitative estimate of drug-likeness (QED) is 0.387. The Hall–Kier alpha value is -4.05. The molecule has 176 valence electrons. The van der Waals surface area contributed by atoms with Crippen LogP contribution in [0.4, 0.5) is 10.1 Å². The Morgan fingerprint density at radius 3 is 2.15 bits per heavy atom. The number of benzene rings is 3. The molecule has 1 heterocycles. The molecule has 0 fully saturated rings. The van der Waals surface area contributed by atoms with Gasteiger partial charge in [0.2, 0.25) is 10.0 Å². The third-order valence-corrected chi connectivity index (χ3v) is 6.40. The number of rotatable bonds is 7. The van der Waals surface area contributed by atoms with Gasteiger partial charge in [0.05, 0.1) is 19.1 Å². The number of methoxy groups -OCH3 is 1. The molecule has 4 rings (SSSR count). The van der Waals surface area contributed by atoms with E-state index in [1.54, 1.807) is 24.3 Å². The highest BCUT2D eigenvalue weighted by Crippen LogP contribution is 2.41. The summed E-state index contributed by atoms with van der Waals surface area (Å²) in [5, 5.41) is 10.2. The van der Waals surface area contributed by atoms with Gasteiger partial charge in [-0.3, -0.25) is 4.31 Å². The summed E-state index contributed by atoms with van der Waals surface area (Å²) < 4.78 is 55.0. The molecule has 0 saturated carbocycles. The minimum Gasteiger partial charge on any atom is -0.495 e. The molecule has 0 atom stereocenters. The van der Waals surface area contributed by atoms with Gasteiger partial charge in [0.1, 0.15) is 40.0 Å². The third-order valence-electron chi connectivity index (χ3n) is 5.21. The summed E-state index contributed by atoms with van der Waals surface area (Å²) in [5.74, 6) is -0.417. The summed E-state index contributed by atoms with van der Waals surface area (Å²) in [6.07, 6.45) is 1.04. The molecule has 34 heavy (non-hydrogen) atoms. The fourth-order valence-corrected chi connectivity index (χ4v) is 3.93. The SMILES string of the molecule is COc1cc2c(C(=O)O)c(-c3ccc(Oc4ccc(F)cc4)cc3)oc2cc1N(C)S(C)(=O)=O. The number of fused-ring (bicyclic) bond motifs is 1. The number of carbonyl (C=O) groups is 1. The van der Waals surface area contributed by atoms with E-state index in [9.17, 15) is 22.7 Å². The summed E-state index contributed by atoms with van der Waals surface area (Å²) in [6.45, 7) is 0. The molecule has 3 aromatic carbocycles. The van der Waals surface area contributed by atoms with Crippen molar-refractivity contribution in [2.45, 2.75) is 0 Å². The minimum absolute atomic E-state index is 0.0888. The van der Waals surface area contributed by atoms with Crippen LogP contribution in [0.3, 0.4) is 0 Å². The lowest BCUT2D eigenvalue weighted by atomic mass is 10.0. The maximum Gasteiger partial charge on any atom is 0.340 e. The van der Waals surface area contributed by atoms with E-state index < -0.39 is 16.0 Å². The maximum atomic E-state index is 13.1. The Labute approximate surface area is 194 Å². The van der Waals surface area contributed by atoms with Gasteiger partial charge in [0.25, 0.3) is 0 Å². The van der Waals surface area contributed by atoms with Crippen LogP contribution in [0, 0.1) is 5.82 Å². The normalized spacial score (nSPS) is 11.4. The molecule has 0 unspecified atom stereocenters. The molecule has 0 aliphatic rings. The number of halogens is 1. The van der Waals surface area contributed by atoms with Crippen LogP contribution in [0.25, 0.3) is 22.3 Å². The zero-order valence-electron chi connectivity index (χ0n) is 18.4. The first-order valence-electron chi connectivity index (χ1n) is 9.94. The molecule has 10 heteroatoms. The van der Waals surface area contributed by atoms with Crippen LogP contribution in [0.5, 0.6) is 17.2 Å². The van der Waals surface area contributed by atoms with Crippen molar-refractivity contribution in [3.8, 4) is 28.6 Å². The van der Waals surface area contributed by atoms with Crippen molar-refractivity contribution in [1.82, 2.24) is 0 Å². The number of nitrogens with zero attached hydrogens (tertiary/aromatic N) is 1. The molecule has 0 aliphatic heterocycles. The van der Waals surface area contributed by atoms with Gasteiger partial charge in [0, 0.05) is 24.1 Å². The third kappa shape index (κ3) is 4.40. The number of aromatic carboxylic acids is 1. The van der Waals surface area contributed by atoms with Crippen LogP contribution in [-0.2, 0) is 10.0 Å². The lowest BCUT2D eigenvalue weighted by Gasteiger charge is -2.19. The molecule has 0 spiro atoms. The Balaban J connectivity index is 1.78. The van der Waals surface area contributed by atoms with Crippen LogP contribution in [0.1, 0.15) is 10.4 Å². The molecule has 0 amide bonds. The molecule has 0 aliphatic carbocycles. The average Bonchev–Trinajstić information content (AvgIpc) is 3.17. The van der Waals surface area contributed by atoms with Crippen LogP contribution >= 0.6 is 0 Å². The van der Waals surface area contributed by atoms with Crippen molar-refractivity contribution < 1.29 is 36.6 Å². The molecule has 0 saturated heterocycles. The number of ether oxygens (including phenoxy) is 2. The predicted octanol–water partition coefficient (Wildman–Crippen LogP) is 5.13. The zero-order valence-corrected chi connectivity index (χ0v) is 19.2. The monoisotopic (exact) mass is 485 g/mol. The van der Waals surface area contributed by atoms with Gasteiger partial charge in [-0.25, -0.2) is 17.6 Å². The first-order valence-corrected chi connectivity index (χ1v) is 11.8. The van der Waals surface area contributed by atoms with Crippen LogP contribution < -0.4 is 13.8 Å². The highest BCUT2D eigenvalue weighted by atomic mass is 32.2. The molecule has 1 aromatic heterocycles. The maximum absolute atomic E-state index is 13.1. The highest BCUT2D eigenvalue weighted by molar-refractivity contribution is 7.92. The fourth-order valence-electron chi connectivity index (χ4n) is 3.43. The van der Waals surface area contributed by atoms with Crippen LogP contribution in [0.15, 0.2) is 65.1 Å². The molecular formula is C24H20FNO7S. The highest BCUT2D eigenvalue weighted by Gasteiger charge is 2.26. The van der Waals surface area contributed by atoms with E-state index in [1.807, 2.05) is 0 Å². The van der Waals surface area contributed by atoms with Gasteiger partial charge < -0.3 is 19.0 Å². The van der Waals surface area contributed by atoms with Crippen molar-refractivity contribution >= 4 is 32.6 Å². The molecule has 8 nitrogen and oxygen atoms in total. The van der Waals surface area contributed by atoms with E-state index in [0.29, 0.717) is 17.1 Å². The summed E-state index contributed by atoms with van der Waals surface area (Å²) in [4.78, 5) is 12.1.